The van der Waals surface area contributed by atoms with E-state index in [9.17, 15) is 18.0 Å². The quantitative estimate of drug-likeness (QED) is 0.741. The summed E-state index contributed by atoms with van der Waals surface area (Å²) < 4.78 is 26.5. The molecule has 0 aliphatic rings. The van der Waals surface area contributed by atoms with Crippen molar-refractivity contribution in [2.75, 3.05) is 13.6 Å². The van der Waals surface area contributed by atoms with Crippen LogP contribution >= 0.6 is 0 Å². The van der Waals surface area contributed by atoms with Crippen molar-refractivity contribution in [2.45, 2.75) is 37.6 Å². The molecule has 2 N–H and O–H groups in total. The van der Waals surface area contributed by atoms with E-state index >= 15 is 0 Å². The highest BCUT2D eigenvalue weighted by atomic mass is 32.2. The highest BCUT2D eigenvalue weighted by molar-refractivity contribution is 7.89. The SMILES string of the molecule is CC(C)NS(=O)(=O)c1ccc(C(=O)N(C)CCCC(=O)O)cc1. The maximum absolute atomic E-state index is 12.2. The molecule has 1 amide bonds. The highest BCUT2D eigenvalue weighted by Gasteiger charge is 2.17. The minimum absolute atomic E-state index is 0.00429. The molecule has 0 aromatic heterocycles. The largest absolute Gasteiger partial charge is 0.481 e. The fourth-order valence-electron chi connectivity index (χ4n) is 1.94. The molecule has 0 saturated heterocycles. The molecular formula is C15H22N2O5S. The van der Waals surface area contributed by atoms with Crippen molar-refractivity contribution in [3.8, 4) is 0 Å². The molecule has 0 atom stereocenters. The van der Waals surface area contributed by atoms with Gasteiger partial charge in [0.15, 0.2) is 0 Å². The number of amides is 1. The second-order valence-corrected chi connectivity index (χ2v) is 7.24. The number of aliphatic carboxylic acids is 1. The standard InChI is InChI=1S/C15H22N2O5S/c1-11(2)16-23(21,22)13-8-6-12(7-9-13)15(20)17(3)10-4-5-14(18)19/h6-9,11,16H,4-5,10H2,1-3H3,(H,18,19). The van der Waals surface area contributed by atoms with Gasteiger partial charge in [-0.05, 0) is 44.5 Å². The van der Waals surface area contributed by atoms with Gasteiger partial charge in [0, 0.05) is 31.6 Å². The second kappa shape index (κ2) is 8.07. The normalized spacial score (nSPS) is 11.5. The Hall–Kier alpha value is -1.93. The number of sulfonamides is 1. The number of benzene rings is 1. The summed E-state index contributed by atoms with van der Waals surface area (Å²) in [5.41, 5.74) is 0.353. The fourth-order valence-corrected chi connectivity index (χ4v) is 3.20. The van der Waals surface area contributed by atoms with E-state index in [1.165, 1.54) is 29.2 Å². The third-order valence-electron chi connectivity index (χ3n) is 3.03. The molecule has 1 aromatic rings. The number of carboxylic acids is 1. The van der Waals surface area contributed by atoms with Gasteiger partial charge in [0.1, 0.15) is 0 Å². The molecule has 0 radical (unpaired) electrons. The molecule has 0 unspecified atom stereocenters. The van der Waals surface area contributed by atoms with E-state index in [0.29, 0.717) is 18.5 Å². The first-order chi connectivity index (χ1) is 10.6. The lowest BCUT2D eigenvalue weighted by atomic mass is 10.2. The van der Waals surface area contributed by atoms with Crippen LogP contribution < -0.4 is 4.72 Å². The van der Waals surface area contributed by atoms with Crippen LogP contribution in [0.25, 0.3) is 0 Å². The summed E-state index contributed by atoms with van der Waals surface area (Å²) in [6.07, 6.45) is 0.359. The first-order valence-corrected chi connectivity index (χ1v) is 8.71. The molecule has 128 valence electrons. The van der Waals surface area contributed by atoms with Gasteiger partial charge in [0.2, 0.25) is 10.0 Å². The van der Waals surface area contributed by atoms with Crippen LogP contribution in [0.15, 0.2) is 29.2 Å². The Morgan fingerprint density at radius 2 is 1.78 bits per heavy atom. The Labute approximate surface area is 136 Å². The lowest BCUT2D eigenvalue weighted by Gasteiger charge is -2.17. The van der Waals surface area contributed by atoms with Crippen LogP contribution in [0.4, 0.5) is 0 Å². The van der Waals surface area contributed by atoms with Gasteiger partial charge in [-0.2, -0.15) is 0 Å². The van der Waals surface area contributed by atoms with E-state index in [-0.39, 0.29) is 23.3 Å². The summed E-state index contributed by atoms with van der Waals surface area (Å²) in [7, 11) is -2.01. The summed E-state index contributed by atoms with van der Waals surface area (Å²) in [6, 6.07) is 5.43. The van der Waals surface area contributed by atoms with E-state index in [1.807, 2.05) is 0 Å². The van der Waals surface area contributed by atoms with Crippen molar-refractivity contribution in [3.05, 3.63) is 29.8 Å². The van der Waals surface area contributed by atoms with E-state index in [0.717, 1.165) is 0 Å². The zero-order valence-corrected chi connectivity index (χ0v) is 14.3. The minimum Gasteiger partial charge on any atom is -0.481 e. The van der Waals surface area contributed by atoms with Crippen molar-refractivity contribution in [3.63, 3.8) is 0 Å². The Morgan fingerprint density at radius 3 is 2.26 bits per heavy atom. The summed E-state index contributed by atoms with van der Waals surface area (Å²) in [6.45, 7) is 3.77. The van der Waals surface area contributed by atoms with Gasteiger partial charge in [0.25, 0.3) is 5.91 Å². The van der Waals surface area contributed by atoms with Crippen LogP contribution in [0, 0.1) is 0 Å². The maximum Gasteiger partial charge on any atom is 0.303 e. The topological polar surface area (TPSA) is 104 Å². The molecule has 1 aromatic carbocycles. The van der Waals surface area contributed by atoms with Crippen molar-refractivity contribution in [1.29, 1.82) is 0 Å². The Morgan fingerprint density at radius 1 is 1.22 bits per heavy atom. The average Bonchev–Trinajstić information content (AvgIpc) is 2.44. The van der Waals surface area contributed by atoms with Crippen LogP contribution in [-0.2, 0) is 14.8 Å². The van der Waals surface area contributed by atoms with Gasteiger partial charge in [-0.3, -0.25) is 9.59 Å². The molecule has 8 heteroatoms. The molecular weight excluding hydrogens is 320 g/mol. The van der Waals surface area contributed by atoms with Gasteiger partial charge in [-0.15, -0.1) is 0 Å². The van der Waals surface area contributed by atoms with Gasteiger partial charge in [0.05, 0.1) is 4.90 Å². The summed E-state index contributed by atoms with van der Waals surface area (Å²) in [5.74, 6) is -1.19. The molecule has 23 heavy (non-hydrogen) atoms. The maximum atomic E-state index is 12.2. The minimum atomic E-state index is -3.59. The zero-order chi connectivity index (χ0) is 17.6. The number of carboxylic acid groups (broad SMARTS) is 1. The summed E-state index contributed by atoms with van der Waals surface area (Å²) in [5, 5.41) is 8.58. The first kappa shape index (κ1) is 19.1. The monoisotopic (exact) mass is 342 g/mol. The molecule has 0 saturated carbocycles. The van der Waals surface area contributed by atoms with E-state index in [4.69, 9.17) is 5.11 Å². The highest BCUT2D eigenvalue weighted by Crippen LogP contribution is 2.12. The predicted molar refractivity (Wildman–Crippen MR) is 85.7 cm³/mol. The molecule has 0 aliphatic heterocycles. The van der Waals surface area contributed by atoms with Crippen molar-refractivity contribution < 1.29 is 23.1 Å². The van der Waals surface area contributed by atoms with Crippen LogP contribution in [0.1, 0.15) is 37.0 Å². The van der Waals surface area contributed by atoms with Crippen LogP contribution in [0.3, 0.4) is 0 Å². The van der Waals surface area contributed by atoms with E-state index < -0.39 is 16.0 Å². The van der Waals surface area contributed by atoms with Gasteiger partial charge < -0.3 is 10.0 Å². The van der Waals surface area contributed by atoms with Gasteiger partial charge in [-0.25, -0.2) is 13.1 Å². The summed E-state index contributed by atoms with van der Waals surface area (Å²) in [4.78, 5) is 24.1. The predicted octanol–water partition coefficient (Wildman–Crippen LogP) is 1.31. The van der Waals surface area contributed by atoms with Crippen LogP contribution in [-0.4, -0.2) is 49.9 Å². The number of rotatable bonds is 8. The summed E-state index contributed by atoms with van der Waals surface area (Å²) >= 11 is 0. The van der Waals surface area contributed by atoms with E-state index in [1.54, 1.807) is 20.9 Å². The third-order valence-corrected chi connectivity index (χ3v) is 4.71. The van der Waals surface area contributed by atoms with E-state index in [2.05, 4.69) is 4.72 Å². The molecule has 0 heterocycles. The number of carbonyl (C=O) groups excluding carboxylic acids is 1. The van der Waals surface area contributed by atoms with Crippen LogP contribution in [0.5, 0.6) is 0 Å². The zero-order valence-electron chi connectivity index (χ0n) is 13.4. The number of nitrogens with zero attached hydrogens (tertiary/aromatic N) is 1. The number of nitrogens with one attached hydrogen (secondary N) is 1. The van der Waals surface area contributed by atoms with Crippen LogP contribution in [0.2, 0.25) is 0 Å². The fraction of sp³-hybridized carbons (Fsp3) is 0.467. The van der Waals surface area contributed by atoms with Gasteiger partial charge in [-0.1, -0.05) is 0 Å². The average molecular weight is 342 g/mol. The Balaban J connectivity index is 2.76. The Bertz CT molecular complexity index is 653. The third kappa shape index (κ3) is 5.99. The first-order valence-electron chi connectivity index (χ1n) is 7.23. The second-order valence-electron chi connectivity index (χ2n) is 5.52. The van der Waals surface area contributed by atoms with Crippen molar-refractivity contribution in [1.82, 2.24) is 9.62 Å². The van der Waals surface area contributed by atoms with Crippen molar-refractivity contribution in [2.24, 2.45) is 0 Å². The number of hydrogen-bond donors (Lipinski definition) is 2. The molecule has 0 fully saturated rings. The number of hydrogen-bond acceptors (Lipinski definition) is 4. The molecule has 7 nitrogen and oxygen atoms in total. The molecule has 1 rings (SSSR count). The molecule has 0 spiro atoms. The molecule has 0 bridgehead atoms. The smallest absolute Gasteiger partial charge is 0.303 e. The lowest BCUT2D eigenvalue weighted by molar-refractivity contribution is -0.137. The van der Waals surface area contributed by atoms with Crippen molar-refractivity contribution >= 4 is 21.9 Å². The number of carbonyl (C=O) groups is 2. The van der Waals surface area contributed by atoms with Gasteiger partial charge >= 0.3 is 5.97 Å². The molecule has 0 aliphatic carbocycles. The Kier molecular flexibility index (Phi) is 6.71. The lowest BCUT2D eigenvalue weighted by Crippen LogP contribution is -2.30.